The van der Waals surface area contributed by atoms with Gasteiger partial charge in [0.25, 0.3) is 0 Å². The predicted octanol–water partition coefficient (Wildman–Crippen LogP) is -1.71. The molecular formula is C2H9NO8P2. The average Bonchev–Trinajstić information content (AvgIpc) is 1.47. The first-order valence-electron chi connectivity index (χ1n) is 2.52. The normalized spacial score (nSPS) is 11.5. The van der Waals surface area contributed by atoms with E-state index in [1.54, 1.807) is 0 Å². The number of aliphatic carboxylic acids is 1. The van der Waals surface area contributed by atoms with Gasteiger partial charge in [-0.1, -0.05) is 0 Å². The highest BCUT2D eigenvalue weighted by Gasteiger charge is 2.17. The molecule has 0 radical (unpaired) electrons. The molecule has 0 aliphatic rings. The van der Waals surface area contributed by atoms with Crippen LogP contribution in [0.3, 0.4) is 0 Å². The quantitative estimate of drug-likeness (QED) is 0.305. The van der Waals surface area contributed by atoms with Crippen LogP contribution in [0.4, 0.5) is 0 Å². The molecule has 0 amide bonds. The summed E-state index contributed by atoms with van der Waals surface area (Å²) in [5.41, 5.74) is 4.02. The molecule has 80 valence electrons. The Labute approximate surface area is 72.6 Å². The third kappa shape index (κ3) is 49.6. The summed E-state index contributed by atoms with van der Waals surface area (Å²) in [4.78, 5) is 40.2. The van der Waals surface area contributed by atoms with Crippen molar-refractivity contribution in [3.63, 3.8) is 0 Å². The van der Waals surface area contributed by atoms with Crippen LogP contribution >= 0.6 is 15.3 Å². The molecule has 0 aromatic rings. The highest BCUT2D eigenvalue weighted by atomic mass is 31.2. The number of carboxylic acid groups (broad SMARTS) is 1. The first-order valence-corrected chi connectivity index (χ1v) is 6.00. The number of hydrogen-bond acceptors (Lipinski definition) is 3. The summed E-state index contributed by atoms with van der Waals surface area (Å²) in [6.07, 6.45) is -1.09. The Balaban J connectivity index is 0. The van der Waals surface area contributed by atoms with Crippen LogP contribution in [0.15, 0.2) is 0 Å². The molecule has 0 aliphatic heterocycles. The van der Waals surface area contributed by atoms with Crippen LogP contribution in [-0.2, 0) is 13.9 Å². The van der Waals surface area contributed by atoms with Crippen LogP contribution in [-0.4, -0.2) is 36.8 Å². The molecule has 11 heteroatoms. The molecule has 0 saturated carbocycles. The first kappa shape index (κ1) is 15.2. The zero-order valence-corrected chi connectivity index (χ0v) is 7.93. The van der Waals surface area contributed by atoms with Gasteiger partial charge in [0.15, 0.2) is 0 Å². The summed E-state index contributed by atoms with van der Waals surface area (Å²) in [5, 5.41) is 7.76. The molecule has 9 nitrogen and oxygen atoms in total. The van der Waals surface area contributed by atoms with E-state index in [0.29, 0.717) is 0 Å². The second-order valence-corrected chi connectivity index (χ2v) is 4.63. The first-order chi connectivity index (χ1) is 5.42. The van der Waals surface area contributed by atoms with Gasteiger partial charge in [0.1, 0.15) is 6.16 Å². The van der Waals surface area contributed by atoms with Gasteiger partial charge in [-0.25, -0.2) is 10.1 Å². The van der Waals surface area contributed by atoms with E-state index in [0.717, 1.165) is 0 Å². The van der Waals surface area contributed by atoms with Gasteiger partial charge in [-0.05, 0) is 0 Å². The van der Waals surface area contributed by atoms with Gasteiger partial charge < -0.3 is 24.7 Å². The summed E-state index contributed by atoms with van der Waals surface area (Å²) >= 11 is 0. The molecule has 0 rings (SSSR count). The molecule has 7 N–H and O–H groups in total. The third-order valence-electron chi connectivity index (χ3n) is 0.341. The van der Waals surface area contributed by atoms with Crippen LogP contribution in [0.2, 0.25) is 0 Å². The van der Waals surface area contributed by atoms with Crippen molar-refractivity contribution in [3.05, 3.63) is 0 Å². The van der Waals surface area contributed by atoms with E-state index in [2.05, 4.69) is 5.50 Å². The van der Waals surface area contributed by atoms with Gasteiger partial charge in [0, 0.05) is 0 Å². The van der Waals surface area contributed by atoms with Crippen molar-refractivity contribution in [2.24, 2.45) is 5.50 Å². The van der Waals surface area contributed by atoms with Crippen LogP contribution in [0.1, 0.15) is 0 Å². The van der Waals surface area contributed by atoms with E-state index in [1.165, 1.54) is 0 Å². The fourth-order valence-corrected chi connectivity index (χ4v) is 0.529. The maximum atomic E-state index is 9.76. The number of nitrogens with two attached hydrogens (primary N) is 1. The van der Waals surface area contributed by atoms with Crippen LogP contribution < -0.4 is 5.50 Å². The number of carbonyl (C=O) groups is 1. The smallest absolute Gasteiger partial charge is 0.397 e. The second-order valence-electron chi connectivity index (χ2n) is 1.81. The zero-order chi connectivity index (χ0) is 11.3. The summed E-state index contributed by atoms with van der Waals surface area (Å²) in [6.45, 7) is 0. The fraction of sp³-hybridized carbons (Fsp3) is 0.500. The van der Waals surface area contributed by atoms with Gasteiger partial charge >= 0.3 is 21.3 Å². The summed E-state index contributed by atoms with van der Waals surface area (Å²) in [6, 6.07) is 0. The standard InChI is InChI=1S/C2H5O5P.H4NO3P/c3-2(4)1-8(5,6)7;1-5(2,3)4/h1H2,(H,3,4)(H2,5,6,7);(H4,1,2,3,4). The lowest BCUT2D eigenvalue weighted by molar-refractivity contribution is -0.134. The second kappa shape index (κ2) is 5.46. The Kier molecular flexibility index (Phi) is 6.39. The van der Waals surface area contributed by atoms with Crippen molar-refractivity contribution in [2.45, 2.75) is 0 Å². The molecule has 0 unspecified atom stereocenters. The Morgan fingerprint density at radius 3 is 1.38 bits per heavy atom. The Hall–Kier alpha value is -0.270. The van der Waals surface area contributed by atoms with E-state index < -0.39 is 27.5 Å². The minimum Gasteiger partial charge on any atom is -0.481 e. The lowest BCUT2D eigenvalue weighted by atomic mass is 10.8. The highest BCUT2D eigenvalue weighted by Crippen LogP contribution is 2.33. The molecule has 0 atom stereocenters. The number of carboxylic acids is 1. The van der Waals surface area contributed by atoms with Crippen molar-refractivity contribution in [1.29, 1.82) is 0 Å². The van der Waals surface area contributed by atoms with E-state index in [4.69, 9.17) is 29.2 Å². The molecule has 0 heterocycles. The van der Waals surface area contributed by atoms with Gasteiger partial charge in [-0.3, -0.25) is 9.36 Å². The summed E-state index contributed by atoms with van der Waals surface area (Å²) in [7, 11) is -8.46. The number of rotatable bonds is 2. The van der Waals surface area contributed by atoms with E-state index in [-0.39, 0.29) is 0 Å². The zero-order valence-electron chi connectivity index (χ0n) is 6.14. The maximum Gasteiger partial charge on any atom is 0.397 e. The van der Waals surface area contributed by atoms with E-state index in [9.17, 15) is 9.36 Å². The lowest BCUT2D eigenvalue weighted by Gasteiger charge is -1.95. The molecule has 0 bridgehead atoms. The van der Waals surface area contributed by atoms with Crippen molar-refractivity contribution in [3.8, 4) is 0 Å². The van der Waals surface area contributed by atoms with Gasteiger partial charge in [-0.15, -0.1) is 0 Å². The topological polar surface area (TPSA) is 178 Å². The third-order valence-corrected chi connectivity index (χ3v) is 1.02. The Morgan fingerprint density at radius 1 is 1.15 bits per heavy atom. The molecule has 0 fully saturated rings. The molecule has 0 aromatic heterocycles. The van der Waals surface area contributed by atoms with Crippen LogP contribution in [0.5, 0.6) is 0 Å². The summed E-state index contributed by atoms with van der Waals surface area (Å²) in [5.74, 6) is -1.49. The monoisotopic (exact) mass is 237 g/mol. The van der Waals surface area contributed by atoms with Gasteiger partial charge in [-0.2, -0.15) is 0 Å². The molecular weight excluding hydrogens is 228 g/mol. The summed E-state index contributed by atoms with van der Waals surface area (Å²) < 4.78 is 18.9. The van der Waals surface area contributed by atoms with Crippen molar-refractivity contribution >= 4 is 21.3 Å². The maximum absolute atomic E-state index is 9.76. The van der Waals surface area contributed by atoms with E-state index in [1.807, 2.05) is 0 Å². The van der Waals surface area contributed by atoms with Gasteiger partial charge in [0.05, 0.1) is 0 Å². The molecule has 0 spiro atoms. The predicted molar refractivity (Wildman–Crippen MR) is 40.8 cm³/mol. The van der Waals surface area contributed by atoms with Gasteiger partial charge in [0.2, 0.25) is 0 Å². The van der Waals surface area contributed by atoms with Crippen molar-refractivity contribution in [2.75, 3.05) is 6.16 Å². The van der Waals surface area contributed by atoms with E-state index >= 15 is 0 Å². The highest BCUT2D eigenvalue weighted by molar-refractivity contribution is 7.52. The van der Waals surface area contributed by atoms with Crippen LogP contribution in [0.25, 0.3) is 0 Å². The molecule has 0 aliphatic carbocycles. The lowest BCUT2D eigenvalue weighted by Crippen LogP contribution is -2.01. The van der Waals surface area contributed by atoms with Crippen molar-refractivity contribution < 1.29 is 38.6 Å². The number of hydrogen-bond donors (Lipinski definition) is 6. The Bertz CT molecular complexity index is 241. The molecule has 13 heavy (non-hydrogen) atoms. The Morgan fingerprint density at radius 2 is 1.38 bits per heavy atom. The average molecular weight is 237 g/mol. The van der Waals surface area contributed by atoms with Crippen LogP contribution in [0, 0.1) is 0 Å². The SMILES string of the molecule is NP(=O)(O)O.O=C(O)CP(=O)(O)O. The fourth-order valence-electron chi connectivity index (χ4n) is 0.176. The largest absolute Gasteiger partial charge is 0.481 e. The molecule has 0 saturated heterocycles. The molecule has 0 aromatic carbocycles. The van der Waals surface area contributed by atoms with Crippen molar-refractivity contribution in [1.82, 2.24) is 0 Å². The minimum atomic E-state index is -4.32. The minimum absolute atomic E-state index is 1.09.